The highest BCUT2D eigenvalue weighted by Gasteiger charge is 2.39. The van der Waals surface area contributed by atoms with Gasteiger partial charge < -0.3 is 5.32 Å². The van der Waals surface area contributed by atoms with Crippen molar-refractivity contribution in [2.75, 3.05) is 25.0 Å². The van der Waals surface area contributed by atoms with Gasteiger partial charge in [0, 0.05) is 30.9 Å². The minimum Gasteiger partial charge on any atom is -0.325 e. The van der Waals surface area contributed by atoms with Gasteiger partial charge in [-0.2, -0.15) is 17.5 Å². The molecule has 34 heavy (non-hydrogen) atoms. The van der Waals surface area contributed by atoms with Gasteiger partial charge in [-0.05, 0) is 68.1 Å². The predicted molar refractivity (Wildman–Crippen MR) is 118 cm³/mol. The van der Waals surface area contributed by atoms with Gasteiger partial charge in [-0.15, -0.1) is 0 Å². The lowest BCUT2D eigenvalue weighted by atomic mass is 10.0. The smallest absolute Gasteiger partial charge is 0.325 e. The van der Waals surface area contributed by atoms with Gasteiger partial charge >= 0.3 is 6.18 Å². The summed E-state index contributed by atoms with van der Waals surface area (Å²) in [5.41, 5.74) is -0.514. The Kier molecular flexibility index (Phi) is 6.97. The first kappa shape index (κ1) is 24.6. The summed E-state index contributed by atoms with van der Waals surface area (Å²) in [6, 6.07) is 9.48. The Labute approximate surface area is 195 Å². The second-order valence-corrected chi connectivity index (χ2v) is 10.6. The van der Waals surface area contributed by atoms with E-state index in [2.05, 4.69) is 10.2 Å². The Hall–Kier alpha value is -2.50. The van der Waals surface area contributed by atoms with E-state index in [0.717, 1.165) is 25.0 Å². The molecule has 0 aromatic heterocycles. The van der Waals surface area contributed by atoms with Crippen LogP contribution < -0.4 is 5.32 Å². The molecule has 1 saturated carbocycles. The number of piperidine rings is 1. The van der Waals surface area contributed by atoms with Crippen LogP contribution in [0.25, 0.3) is 0 Å². The van der Waals surface area contributed by atoms with Crippen LogP contribution in [0.5, 0.6) is 0 Å². The fraction of sp³-hybridized carbons (Fsp3) is 0.435. The quantitative estimate of drug-likeness (QED) is 0.583. The number of nitrogens with zero attached hydrogens (tertiary/aromatic N) is 2. The van der Waals surface area contributed by atoms with Crippen LogP contribution in [0.1, 0.15) is 31.2 Å². The zero-order chi connectivity index (χ0) is 24.5. The van der Waals surface area contributed by atoms with Gasteiger partial charge in [-0.1, -0.05) is 6.07 Å². The van der Waals surface area contributed by atoms with Crippen LogP contribution in [0.4, 0.5) is 23.2 Å². The highest BCUT2D eigenvalue weighted by Crippen LogP contribution is 2.34. The first-order chi connectivity index (χ1) is 16.0. The van der Waals surface area contributed by atoms with Crippen molar-refractivity contribution in [1.29, 1.82) is 0 Å². The van der Waals surface area contributed by atoms with Gasteiger partial charge in [-0.3, -0.25) is 9.69 Å². The van der Waals surface area contributed by atoms with Crippen molar-refractivity contribution in [3.05, 3.63) is 59.9 Å². The van der Waals surface area contributed by atoms with Gasteiger partial charge in [-0.25, -0.2) is 12.8 Å². The van der Waals surface area contributed by atoms with Gasteiger partial charge in [0.2, 0.25) is 15.9 Å². The lowest BCUT2D eigenvalue weighted by Crippen LogP contribution is -2.49. The zero-order valence-corrected chi connectivity index (χ0v) is 19.1. The number of rotatable bonds is 7. The van der Waals surface area contributed by atoms with Crippen molar-refractivity contribution >= 4 is 21.6 Å². The molecule has 2 aromatic carbocycles. The van der Waals surface area contributed by atoms with Crippen molar-refractivity contribution in [2.45, 2.75) is 48.8 Å². The van der Waals surface area contributed by atoms with E-state index in [1.807, 2.05) is 0 Å². The van der Waals surface area contributed by atoms with Gasteiger partial charge in [0.05, 0.1) is 17.0 Å². The average Bonchev–Trinajstić information content (AvgIpc) is 3.64. The standard InChI is InChI=1S/C23H25F4N3O3S/c24-17-4-6-18(7-5-17)28-22(31)15-30(19-8-9-19)20-10-12-29(13-11-20)34(32,33)21-3-1-2-16(14-21)23(25,26)27/h1-7,14,19-20H,8-13,15H2,(H,28,31). The number of carbonyl (C=O) groups is 1. The van der Waals surface area contributed by atoms with E-state index in [-0.39, 0.29) is 42.5 Å². The molecule has 0 spiro atoms. The summed E-state index contributed by atoms with van der Waals surface area (Å²) in [6.45, 7) is 0.450. The van der Waals surface area contributed by atoms with Crippen LogP contribution >= 0.6 is 0 Å². The third-order valence-electron chi connectivity index (χ3n) is 6.16. The van der Waals surface area contributed by atoms with Crippen molar-refractivity contribution in [3.8, 4) is 0 Å². The number of hydrogen-bond acceptors (Lipinski definition) is 4. The zero-order valence-electron chi connectivity index (χ0n) is 18.3. The lowest BCUT2D eigenvalue weighted by Gasteiger charge is -2.38. The molecule has 1 saturated heterocycles. The fourth-order valence-electron chi connectivity index (χ4n) is 4.26. The van der Waals surface area contributed by atoms with Crippen molar-refractivity contribution in [3.63, 3.8) is 0 Å². The lowest BCUT2D eigenvalue weighted by molar-refractivity contribution is -0.137. The Morgan fingerprint density at radius 2 is 1.62 bits per heavy atom. The summed E-state index contributed by atoms with van der Waals surface area (Å²) in [6.07, 6.45) is -1.78. The minimum absolute atomic E-state index is 0.0144. The Morgan fingerprint density at radius 3 is 2.21 bits per heavy atom. The molecule has 1 aliphatic carbocycles. The van der Waals surface area contributed by atoms with E-state index in [1.165, 1.54) is 34.6 Å². The summed E-state index contributed by atoms with van der Waals surface area (Å²) < 4.78 is 79.2. The minimum atomic E-state index is -4.63. The molecular weight excluding hydrogens is 474 g/mol. The molecule has 1 N–H and O–H groups in total. The number of anilines is 1. The van der Waals surface area contributed by atoms with E-state index >= 15 is 0 Å². The summed E-state index contributed by atoms with van der Waals surface area (Å²) >= 11 is 0. The number of halogens is 4. The van der Waals surface area contributed by atoms with Crippen LogP contribution in [0.15, 0.2) is 53.4 Å². The molecular formula is C23H25F4N3O3S. The topological polar surface area (TPSA) is 69.7 Å². The van der Waals surface area contributed by atoms with E-state index in [9.17, 15) is 30.8 Å². The normalized spacial score (nSPS) is 18.3. The summed E-state index contributed by atoms with van der Waals surface area (Å²) in [5, 5.41) is 2.75. The highest BCUT2D eigenvalue weighted by atomic mass is 32.2. The summed E-state index contributed by atoms with van der Waals surface area (Å²) in [5.74, 6) is -0.637. The fourth-order valence-corrected chi connectivity index (χ4v) is 5.77. The summed E-state index contributed by atoms with van der Waals surface area (Å²) in [4.78, 5) is 14.3. The molecule has 1 heterocycles. The third-order valence-corrected chi connectivity index (χ3v) is 8.06. The van der Waals surface area contributed by atoms with Crippen LogP contribution in [0.2, 0.25) is 0 Å². The number of nitrogens with one attached hydrogen (secondary N) is 1. The first-order valence-electron chi connectivity index (χ1n) is 11.0. The third kappa shape index (κ3) is 5.76. The second-order valence-electron chi connectivity index (χ2n) is 8.62. The molecule has 6 nitrogen and oxygen atoms in total. The van der Waals surface area contributed by atoms with Gasteiger partial charge in [0.25, 0.3) is 0 Å². The molecule has 2 aliphatic rings. The highest BCUT2D eigenvalue weighted by molar-refractivity contribution is 7.89. The van der Waals surface area contributed by atoms with Crippen LogP contribution in [-0.2, 0) is 21.0 Å². The number of amides is 1. The number of benzene rings is 2. The summed E-state index contributed by atoms with van der Waals surface area (Å²) in [7, 11) is -4.06. The number of sulfonamides is 1. The number of alkyl halides is 3. The van der Waals surface area contributed by atoms with E-state index in [1.54, 1.807) is 0 Å². The number of hydrogen-bond donors (Lipinski definition) is 1. The SMILES string of the molecule is O=C(CN(C1CC1)C1CCN(S(=O)(=O)c2cccc(C(F)(F)F)c2)CC1)Nc1ccc(F)cc1. The molecule has 1 aliphatic heterocycles. The number of carbonyl (C=O) groups excluding carboxylic acids is 1. The Morgan fingerprint density at radius 1 is 1.00 bits per heavy atom. The Bertz CT molecular complexity index is 1130. The molecule has 4 rings (SSSR count). The molecule has 184 valence electrons. The maximum atomic E-state index is 13.1. The maximum Gasteiger partial charge on any atom is 0.416 e. The van der Waals surface area contributed by atoms with Crippen LogP contribution in [0.3, 0.4) is 0 Å². The molecule has 1 amide bonds. The van der Waals surface area contributed by atoms with E-state index in [4.69, 9.17) is 0 Å². The van der Waals surface area contributed by atoms with Crippen molar-refractivity contribution in [2.24, 2.45) is 0 Å². The molecule has 11 heteroatoms. The molecule has 2 aromatic rings. The molecule has 2 fully saturated rings. The van der Waals surface area contributed by atoms with Gasteiger partial charge in [0.15, 0.2) is 0 Å². The maximum absolute atomic E-state index is 13.1. The first-order valence-corrected chi connectivity index (χ1v) is 12.5. The average molecular weight is 500 g/mol. The van der Waals surface area contributed by atoms with E-state index < -0.39 is 27.6 Å². The molecule has 0 atom stereocenters. The van der Waals surface area contributed by atoms with Gasteiger partial charge in [0.1, 0.15) is 5.82 Å². The van der Waals surface area contributed by atoms with Crippen molar-refractivity contribution < 1.29 is 30.8 Å². The van der Waals surface area contributed by atoms with Crippen LogP contribution in [-0.4, -0.2) is 55.2 Å². The van der Waals surface area contributed by atoms with E-state index in [0.29, 0.717) is 24.6 Å². The molecule has 0 radical (unpaired) electrons. The van der Waals surface area contributed by atoms with Crippen molar-refractivity contribution in [1.82, 2.24) is 9.21 Å². The molecule has 0 unspecified atom stereocenters. The largest absolute Gasteiger partial charge is 0.416 e. The van der Waals surface area contributed by atoms with Crippen LogP contribution in [0, 0.1) is 5.82 Å². The monoisotopic (exact) mass is 499 g/mol. The predicted octanol–water partition coefficient (Wildman–Crippen LogP) is 4.10. The Balaban J connectivity index is 1.38. The second kappa shape index (κ2) is 9.63. The molecule has 0 bridgehead atoms.